The van der Waals surface area contributed by atoms with Gasteiger partial charge < -0.3 is 10.5 Å². The Morgan fingerprint density at radius 1 is 1.62 bits per heavy atom. The summed E-state index contributed by atoms with van der Waals surface area (Å²) < 4.78 is 9.34. The number of esters is 1. The van der Waals surface area contributed by atoms with E-state index in [1.54, 1.807) is 6.92 Å². The van der Waals surface area contributed by atoms with Crippen LogP contribution in [0, 0.1) is 6.92 Å². The number of ether oxygens (including phenoxy) is 1. The summed E-state index contributed by atoms with van der Waals surface area (Å²) in [7, 11) is 0. The van der Waals surface area contributed by atoms with Gasteiger partial charge in [-0.15, -0.1) is 0 Å². The number of aryl methyl sites for hydroxylation is 1. The van der Waals surface area contributed by atoms with E-state index in [9.17, 15) is 4.79 Å². The van der Waals surface area contributed by atoms with Crippen molar-refractivity contribution in [1.82, 2.24) is 10.3 Å². The van der Waals surface area contributed by atoms with Crippen LogP contribution in [0.3, 0.4) is 0 Å². The van der Waals surface area contributed by atoms with Gasteiger partial charge in [0.15, 0.2) is 0 Å². The minimum absolute atomic E-state index is 0.351. The molecule has 0 radical (unpaired) electrons. The second kappa shape index (κ2) is 6.49. The van der Waals surface area contributed by atoms with E-state index in [2.05, 4.69) is 14.9 Å². The maximum Gasteiger partial charge on any atom is 0.323 e. The van der Waals surface area contributed by atoms with Crippen LogP contribution in [0.15, 0.2) is 4.63 Å². The van der Waals surface area contributed by atoms with Gasteiger partial charge in [0.25, 0.3) is 0 Å². The molecule has 0 fully saturated rings. The van der Waals surface area contributed by atoms with E-state index in [0.717, 1.165) is 11.4 Å². The summed E-state index contributed by atoms with van der Waals surface area (Å²) in [6, 6.07) is -0.592. The van der Waals surface area contributed by atoms with Crippen molar-refractivity contribution in [2.24, 2.45) is 5.73 Å². The lowest BCUT2D eigenvalue weighted by Crippen LogP contribution is -2.34. The molecule has 0 saturated heterocycles. The molecule has 0 amide bonds. The van der Waals surface area contributed by atoms with Crippen molar-refractivity contribution in [2.45, 2.75) is 25.6 Å². The maximum atomic E-state index is 11.2. The zero-order chi connectivity index (χ0) is 12.0. The summed E-state index contributed by atoms with van der Waals surface area (Å²) in [5.74, 6) is 0.748. The van der Waals surface area contributed by atoms with Crippen LogP contribution in [-0.2, 0) is 15.3 Å². The fraction of sp³-hybridized carbons (Fsp3) is 0.667. The molecule has 0 bridgehead atoms. The molecule has 0 spiro atoms. The van der Waals surface area contributed by atoms with Crippen molar-refractivity contribution in [1.29, 1.82) is 0 Å². The highest BCUT2D eigenvalue weighted by atomic mass is 32.2. The Kier molecular flexibility index (Phi) is 5.27. The first-order valence-corrected chi connectivity index (χ1v) is 6.08. The second-order valence-corrected chi connectivity index (χ2v) is 4.20. The molecule has 0 aromatic carbocycles. The molecule has 6 nitrogen and oxygen atoms in total. The number of aromatic nitrogens is 2. The molecular formula is C9H15N3O3S. The maximum absolute atomic E-state index is 11.2. The van der Waals surface area contributed by atoms with E-state index in [1.807, 2.05) is 6.92 Å². The van der Waals surface area contributed by atoms with Crippen LogP contribution >= 0.6 is 11.8 Å². The predicted molar refractivity (Wildman–Crippen MR) is 59.8 cm³/mol. The van der Waals surface area contributed by atoms with Crippen LogP contribution in [0.25, 0.3) is 0 Å². The topological polar surface area (TPSA) is 91.2 Å². The largest absolute Gasteiger partial charge is 0.465 e. The zero-order valence-corrected chi connectivity index (χ0v) is 10.1. The van der Waals surface area contributed by atoms with E-state index < -0.39 is 6.04 Å². The summed E-state index contributed by atoms with van der Waals surface area (Å²) in [6.07, 6.45) is 0. The quantitative estimate of drug-likeness (QED) is 0.730. The number of nitrogens with zero attached hydrogens (tertiary/aromatic N) is 2. The van der Waals surface area contributed by atoms with Crippen LogP contribution in [0.1, 0.15) is 18.3 Å². The van der Waals surface area contributed by atoms with Gasteiger partial charge in [0.05, 0.1) is 6.61 Å². The third kappa shape index (κ3) is 3.82. The summed E-state index contributed by atoms with van der Waals surface area (Å²) in [6.45, 7) is 3.92. The van der Waals surface area contributed by atoms with Gasteiger partial charge in [0, 0.05) is 11.5 Å². The summed E-state index contributed by atoms with van der Waals surface area (Å²) >= 11 is 1.50. The molecule has 1 atom stereocenters. The lowest BCUT2D eigenvalue weighted by molar-refractivity contribution is -0.144. The Bertz CT molecular complexity index is 342. The Labute approximate surface area is 97.9 Å². The van der Waals surface area contributed by atoms with Crippen molar-refractivity contribution in [3.05, 3.63) is 11.4 Å². The normalized spacial score (nSPS) is 12.4. The third-order valence-corrected chi connectivity index (χ3v) is 2.94. The van der Waals surface area contributed by atoms with Crippen LogP contribution in [0.5, 0.6) is 0 Å². The molecule has 0 aliphatic heterocycles. The summed E-state index contributed by atoms with van der Waals surface area (Å²) in [5.41, 5.74) is 7.17. The number of hydrogen-bond acceptors (Lipinski definition) is 7. The number of carbonyl (C=O) groups is 1. The minimum Gasteiger partial charge on any atom is -0.465 e. The van der Waals surface area contributed by atoms with E-state index in [-0.39, 0.29) is 5.97 Å². The second-order valence-electron chi connectivity index (χ2n) is 3.17. The van der Waals surface area contributed by atoms with Gasteiger partial charge in [-0.1, -0.05) is 10.3 Å². The van der Waals surface area contributed by atoms with Crippen molar-refractivity contribution >= 4 is 17.7 Å². The first-order valence-electron chi connectivity index (χ1n) is 4.93. The van der Waals surface area contributed by atoms with Crippen molar-refractivity contribution in [3.8, 4) is 0 Å². The molecule has 0 aliphatic rings. The molecule has 1 aromatic rings. The highest BCUT2D eigenvalue weighted by Crippen LogP contribution is 2.13. The van der Waals surface area contributed by atoms with Gasteiger partial charge in [-0.3, -0.25) is 4.79 Å². The standard InChI is InChI=1S/C9H15N3O3S/c1-3-14-9(13)7(10)4-16-5-8-6(2)11-15-12-8/h7H,3-5,10H2,1-2H3. The fourth-order valence-electron chi connectivity index (χ4n) is 0.980. The molecule has 1 unspecified atom stereocenters. The van der Waals surface area contributed by atoms with Gasteiger partial charge >= 0.3 is 5.97 Å². The lowest BCUT2D eigenvalue weighted by Gasteiger charge is -2.09. The summed E-state index contributed by atoms with van der Waals surface area (Å²) in [5, 5.41) is 7.39. The first-order chi connectivity index (χ1) is 7.65. The van der Waals surface area contributed by atoms with E-state index in [4.69, 9.17) is 10.5 Å². The van der Waals surface area contributed by atoms with E-state index in [1.165, 1.54) is 11.8 Å². The third-order valence-electron chi connectivity index (χ3n) is 1.87. The van der Waals surface area contributed by atoms with Crippen LogP contribution < -0.4 is 5.73 Å². The smallest absolute Gasteiger partial charge is 0.323 e. The van der Waals surface area contributed by atoms with Crippen LogP contribution in [0.4, 0.5) is 0 Å². The van der Waals surface area contributed by atoms with Crippen LogP contribution in [0.2, 0.25) is 0 Å². The molecule has 1 aromatic heterocycles. The van der Waals surface area contributed by atoms with E-state index in [0.29, 0.717) is 18.1 Å². The summed E-state index contributed by atoms with van der Waals surface area (Å²) in [4.78, 5) is 11.2. The average molecular weight is 245 g/mol. The Morgan fingerprint density at radius 2 is 2.38 bits per heavy atom. The number of nitrogens with two attached hydrogens (primary N) is 1. The number of carbonyl (C=O) groups excluding carboxylic acids is 1. The van der Waals surface area contributed by atoms with Crippen molar-refractivity contribution in [2.75, 3.05) is 12.4 Å². The van der Waals surface area contributed by atoms with Crippen molar-refractivity contribution < 1.29 is 14.2 Å². The average Bonchev–Trinajstić information content (AvgIpc) is 2.65. The van der Waals surface area contributed by atoms with Gasteiger partial charge in [0.2, 0.25) is 0 Å². The van der Waals surface area contributed by atoms with Gasteiger partial charge in [-0.05, 0) is 13.8 Å². The molecule has 7 heteroatoms. The zero-order valence-electron chi connectivity index (χ0n) is 9.30. The molecule has 0 saturated carbocycles. The SMILES string of the molecule is CCOC(=O)C(N)CSCc1nonc1C. The molecule has 1 rings (SSSR count). The van der Waals surface area contributed by atoms with E-state index >= 15 is 0 Å². The predicted octanol–water partition coefficient (Wildman–Crippen LogP) is 0.502. The molecular weight excluding hydrogens is 230 g/mol. The molecule has 16 heavy (non-hydrogen) atoms. The molecule has 0 aliphatic carbocycles. The van der Waals surface area contributed by atoms with Gasteiger partial charge in [-0.25, -0.2) is 4.63 Å². The Hall–Kier alpha value is -1.08. The molecule has 90 valence electrons. The highest BCUT2D eigenvalue weighted by molar-refractivity contribution is 7.98. The number of thioether (sulfide) groups is 1. The lowest BCUT2D eigenvalue weighted by atomic mass is 10.4. The Balaban J connectivity index is 2.25. The molecule has 2 N–H and O–H groups in total. The van der Waals surface area contributed by atoms with Crippen LogP contribution in [-0.4, -0.2) is 34.7 Å². The monoisotopic (exact) mass is 245 g/mol. The highest BCUT2D eigenvalue weighted by Gasteiger charge is 2.15. The van der Waals surface area contributed by atoms with Gasteiger partial charge in [0.1, 0.15) is 17.4 Å². The fourth-order valence-corrected chi connectivity index (χ4v) is 1.94. The first kappa shape index (κ1) is 13.0. The minimum atomic E-state index is -0.592. The molecule has 1 heterocycles. The van der Waals surface area contributed by atoms with Crippen molar-refractivity contribution in [3.63, 3.8) is 0 Å². The number of rotatable bonds is 6. The number of hydrogen-bond donors (Lipinski definition) is 1. The van der Waals surface area contributed by atoms with Gasteiger partial charge in [-0.2, -0.15) is 11.8 Å². The Morgan fingerprint density at radius 3 is 2.94 bits per heavy atom.